The molecule has 0 saturated heterocycles. The molecule has 3 heteroatoms. The van der Waals surface area contributed by atoms with Gasteiger partial charge < -0.3 is 4.98 Å². The molecule has 0 aliphatic rings. The van der Waals surface area contributed by atoms with Gasteiger partial charge in [0.2, 0.25) is 5.56 Å². The summed E-state index contributed by atoms with van der Waals surface area (Å²) in [6.07, 6.45) is 5.52. The van der Waals surface area contributed by atoms with E-state index in [1.165, 1.54) is 12.1 Å². The average molecular weight is 199 g/mol. The Labute approximate surface area is 86.1 Å². The molecule has 0 aliphatic carbocycles. The Morgan fingerprint density at radius 3 is 2.80 bits per heavy atom. The van der Waals surface area contributed by atoms with E-state index < -0.39 is 0 Å². The molecule has 0 saturated carbocycles. The number of allylic oxidation sites excluding steroid dienone is 1. The van der Waals surface area contributed by atoms with Gasteiger partial charge in [-0.3, -0.25) is 9.59 Å². The van der Waals surface area contributed by atoms with E-state index in [1.54, 1.807) is 12.3 Å². The van der Waals surface area contributed by atoms with Gasteiger partial charge in [-0.1, -0.05) is 18.2 Å². The summed E-state index contributed by atoms with van der Waals surface area (Å²) in [5.41, 5.74) is 0.777. The van der Waals surface area contributed by atoms with Crippen molar-refractivity contribution in [3.63, 3.8) is 0 Å². The van der Waals surface area contributed by atoms with Gasteiger partial charge in [0.15, 0.2) is 0 Å². The molecule has 2 rings (SSSR count). The number of hydrogen-bond donors (Lipinski definition) is 1. The van der Waals surface area contributed by atoms with Crippen LogP contribution in [0.2, 0.25) is 0 Å². The summed E-state index contributed by atoms with van der Waals surface area (Å²) < 4.78 is 0. The van der Waals surface area contributed by atoms with Gasteiger partial charge in [0.1, 0.15) is 6.29 Å². The molecule has 15 heavy (non-hydrogen) atoms. The highest BCUT2D eigenvalue weighted by Crippen LogP contribution is 2.13. The second kappa shape index (κ2) is 3.92. The molecule has 0 spiro atoms. The van der Waals surface area contributed by atoms with Gasteiger partial charge in [-0.05, 0) is 28.5 Å². The van der Waals surface area contributed by atoms with E-state index in [0.29, 0.717) is 0 Å². The van der Waals surface area contributed by atoms with Crippen LogP contribution in [0.5, 0.6) is 0 Å². The number of hydrogen-bond acceptors (Lipinski definition) is 2. The molecular weight excluding hydrogens is 190 g/mol. The van der Waals surface area contributed by atoms with Crippen molar-refractivity contribution < 1.29 is 4.79 Å². The third-order valence-corrected chi connectivity index (χ3v) is 2.13. The molecule has 0 radical (unpaired) electrons. The predicted octanol–water partition coefficient (Wildman–Crippen LogP) is 1.74. The smallest absolute Gasteiger partial charge is 0.248 e. The van der Waals surface area contributed by atoms with Crippen molar-refractivity contribution in [2.45, 2.75) is 0 Å². The van der Waals surface area contributed by atoms with E-state index in [2.05, 4.69) is 4.98 Å². The molecule has 0 atom stereocenters. The number of aldehydes is 1. The minimum absolute atomic E-state index is 0.126. The maximum absolute atomic E-state index is 11.1. The van der Waals surface area contributed by atoms with Crippen molar-refractivity contribution in [1.29, 1.82) is 0 Å². The number of aromatic amines is 1. The van der Waals surface area contributed by atoms with E-state index in [4.69, 9.17) is 0 Å². The standard InChI is InChI=1S/C12H9NO2/c14-5-1-2-9-3-4-10-8-13-12(15)7-11(10)6-9/h1-8H,(H,13,15). The fraction of sp³-hybridized carbons (Fsp3) is 0. The zero-order valence-electron chi connectivity index (χ0n) is 7.94. The lowest BCUT2D eigenvalue weighted by molar-refractivity contribution is -0.104. The van der Waals surface area contributed by atoms with Crippen LogP contribution in [0, 0.1) is 0 Å². The molecule has 2 aromatic rings. The first-order valence-corrected chi connectivity index (χ1v) is 4.54. The van der Waals surface area contributed by atoms with Gasteiger partial charge in [-0.15, -0.1) is 0 Å². The first-order chi connectivity index (χ1) is 7.29. The monoisotopic (exact) mass is 199 g/mol. The van der Waals surface area contributed by atoms with Crippen molar-refractivity contribution in [3.05, 3.63) is 52.5 Å². The Bertz CT molecular complexity index is 581. The van der Waals surface area contributed by atoms with Crippen LogP contribution in [0.25, 0.3) is 16.8 Å². The summed E-state index contributed by atoms with van der Waals surface area (Å²) in [4.78, 5) is 23.8. The lowest BCUT2D eigenvalue weighted by atomic mass is 10.1. The number of carbonyl (C=O) groups excluding carboxylic acids is 1. The van der Waals surface area contributed by atoms with Crippen LogP contribution in [0.1, 0.15) is 5.56 Å². The van der Waals surface area contributed by atoms with Crippen molar-refractivity contribution in [1.82, 2.24) is 4.98 Å². The second-order valence-corrected chi connectivity index (χ2v) is 3.18. The number of pyridine rings is 1. The quantitative estimate of drug-likeness (QED) is 0.591. The lowest BCUT2D eigenvalue weighted by Crippen LogP contribution is -2.01. The number of nitrogens with one attached hydrogen (secondary N) is 1. The molecule has 0 bridgehead atoms. The highest BCUT2D eigenvalue weighted by molar-refractivity contribution is 5.85. The summed E-state index contributed by atoms with van der Waals surface area (Å²) in [5, 5.41) is 1.84. The highest BCUT2D eigenvalue weighted by Gasteiger charge is 1.94. The zero-order valence-corrected chi connectivity index (χ0v) is 7.94. The minimum atomic E-state index is -0.126. The molecular formula is C12H9NO2. The first-order valence-electron chi connectivity index (χ1n) is 4.54. The van der Waals surface area contributed by atoms with Gasteiger partial charge in [0, 0.05) is 12.3 Å². The normalized spacial score (nSPS) is 10.9. The van der Waals surface area contributed by atoms with E-state index >= 15 is 0 Å². The number of carbonyl (C=O) groups is 1. The summed E-state index contributed by atoms with van der Waals surface area (Å²) in [5.74, 6) is 0. The molecule has 0 unspecified atom stereocenters. The first kappa shape index (κ1) is 9.40. The fourth-order valence-electron chi connectivity index (χ4n) is 1.44. The Balaban J connectivity index is 2.58. The molecule has 3 nitrogen and oxygen atoms in total. The van der Waals surface area contributed by atoms with Crippen LogP contribution in [-0.4, -0.2) is 11.3 Å². The number of benzene rings is 1. The lowest BCUT2D eigenvalue weighted by Gasteiger charge is -1.97. The van der Waals surface area contributed by atoms with Crippen LogP contribution in [0.4, 0.5) is 0 Å². The number of H-pyrrole nitrogens is 1. The van der Waals surface area contributed by atoms with Gasteiger partial charge >= 0.3 is 0 Å². The van der Waals surface area contributed by atoms with E-state index in [-0.39, 0.29) is 5.56 Å². The highest BCUT2D eigenvalue weighted by atomic mass is 16.1. The Morgan fingerprint density at radius 2 is 2.00 bits per heavy atom. The van der Waals surface area contributed by atoms with Crippen molar-refractivity contribution in [2.75, 3.05) is 0 Å². The van der Waals surface area contributed by atoms with Crippen LogP contribution in [0.15, 0.2) is 41.3 Å². The summed E-state index contributed by atoms with van der Waals surface area (Å²) in [6, 6.07) is 7.19. The van der Waals surface area contributed by atoms with Gasteiger partial charge in [0.25, 0.3) is 0 Å². The summed E-state index contributed by atoms with van der Waals surface area (Å²) in [6.45, 7) is 0. The maximum Gasteiger partial charge on any atom is 0.248 e. The number of fused-ring (bicyclic) bond motifs is 1. The molecule has 1 heterocycles. The number of aromatic nitrogens is 1. The maximum atomic E-state index is 11.1. The molecule has 0 amide bonds. The molecule has 1 aromatic heterocycles. The summed E-state index contributed by atoms with van der Waals surface area (Å²) in [7, 11) is 0. The van der Waals surface area contributed by atoms with Gasteiger partial charge in [-0.25, -0.2) is 0 Å². The third-order valence-electron chi connectivity index (χ3n) is 2.13. The van der Waals surface area contributed by atoms with Gasteiger partial charge in [-0.2, -0.15) is 0 Å². The van der Waals surface area contributed by atoms with Crippen molar-refractivity contribution in [3.8, 4) is 0 Å². The van der Waals surface area contributed by atoms with Gasteiger partial charge in [0.05, 0.1) is 0 Å². The van der Waals surface area contributed by atoms with E-state index in [0.717, 1.165) is 22.6 Å². The molecule has 0 fully saturated rings. The second-order valence-electron chi connectivity index (χ2n) is 3.18. The third kappa shape index (κ3) is 2.02. The van der Waals surface area contributed by atoms with Crippen LogP contribution < -0.4 is 5.56 Å². The number of rotatable bonds is 2. The summed E-state index contributed by atoms with van der Waals surface area (Å²) >= 11 is 0. The minimum Gasteiger partial charge on any atom is -0.328 e. The Hall–Kier alpha value is -2.16. The molecule has 74 valence electrons. The predicted molar refractivity (Wildman–Crippen MR) is 59.7 cm³/mol. The molecule has 0 aliphatic heterocycles. The average Bonchev–Trinajstić information content (AvgIpc) is 2.25. The van der Waals surface area contributed by atoms with Crippen molar-refractivity contribution >= 4 is 23.1 Å². The zero-order chi connectivity index (χ0) is 10.7. The van der Waals surface area contributed by atoms with E-state index in [1.807, 2.05) is 18.2 Å². The molecule has 1 N–H and O–H groups in total. The Morgan fingerprint density at radius 1 is 1.13 bits per heavy atom. The van der Waals surface area contributed by atoms with Crippen LogP contribution in [0.3, 0.4) is 0 Å². The largest absolute Gasteiger partial charge is 0.328 e. The fourth-order valence-corrected chi connectivity index (χ4v) is 1.44. The SMILES string of the molecule is O=CC=Cc1ccc2c[nH]c(=O)cc2c1. The van der Waals surface area contributed by atoms with Crippen LogP contribution in [-0.2, 0) is 4.79 Å². The van der Waals surface area contributed by atoms with Crippen molar-refractivity contribution in [2.24, 2.45) is 0 Å². The topological polar surface area (TPSA) is 49.9 Å². The Kier molecular flexibility index (Phi) is 2.46. The van der Waals surface area contributed by atoms with Crippen LogP contribution >= 0.6 is 0 Å². The van der Waals surface area contributed by atoms with E-state index in [9.17, 15) is 9.59 Å². The molecule has 1 aromatic carbocycles.